The van der Waals surface area contributed by atoms with Gasteiger partial charge in [0.05, 0.1) is 11.6 Å². The van der Waals surface area contributed by atoms with Crippen LogP contribution in [-0.4, -0.2) is 24.4 Å². The van der Waals surface area contributed by atoms with E-state index in [-0.39, 0.29) is 6.04 Å². The maximum Gasteiger partial charge on any atom is 0.137 e. The van der Waals surface area contributed by atoms with E-state index in [4.69, 9.17) is 0 Å². The molecule has 0 saturated heterocycles. The molecule has 3 nitrogen and oxygen atoms in total. The molecule has 0 bridgehead atoms. The van der Waals surface area contributed by atoms with Gasteiger partial charge in [-0.2, -0.15) is 0 Å². The Morgan fingerprint density at radius 2 is 2.73 bits per heavy atom. The lowest BCUT2D eigenvalue weighted by Crippen LogP contribution is -2.28. The lowest BCUT2D eigenvalue weighted by molar-refractivity contribution is -0.109. The molecule has 0 spiro atoms. The third kappa shape index (κ3) is 2.40. The first kappa shape index (κ1) is 8.36. The quantitative estimate of drug-likeness (QED) is 0.668. The number of hydrogen-bond donors (Lipinski definition) is 1. The summed E-state index contributed by atoms with van der Waals surface area (Å²) in [5, 5.41) is 2.90. The predicted molar refractivity (Wildman–Crippen MR) is 44.7 cm³/mol. The van der Waals surface area contributed by atoms with Gasteiger partial charge in [-0.15, -0.1) is 11.3 Å². The average molecular weight is 170 g/mol. The summed E-state index contributed by atoms with van der Waals surface area (Å²) >= 11 is 1.57. The van der Waals surface area contributed by atoms with Gasteiger partial charge in [-0.1, -0.05) is 0 Å². The van der Waals surface area contributed by atoms with Gasteiger partial charge in [0, 0.05) is 17.5 Å². The summed E-state index contributed by atoms with van der Waals surface area (Å²) in [6.07, 6.45) is 3.45. The Morgan fingerprint density at radius 3 is 3.18 bits per heavy atom. The molecule has 0 aliphatic carbocycles. The van der Waals surface area contributed by atoms with Crippen LogP contribution in [0.5, 0.6) is 0 Å². The number of nitrogens with zero attached hydrogens (tertiary/aromatic N) is 1. The van der Waals surface area contributed by atoms with Crippen LogP contribution >= 0.6 is 11.3 Å². The summed E-state index contributed by atoms with van der Waals surface area (Å²) in [5.41, 5.74) is 1.77. The molecule has 1 heterocycles. The second-order valence-corrected chi connectivity index (χ2v) is 3.17. The smallest absolute Gasteiger partial charge is 0.137 e. The van der Waals surface area contributed by atoms with Gasteiger partial charge in [-0.3, -0.25) is 4.98 Å². The first-order valence-corrected chi connectivity index (χ1v) is 4.24. The number of hydrogen-bond acceptors (Lipinski definition) is 4. The van der Waals surface area contributed by atoms with Crippen molar-refractivity contribution >= 4 is 17.6 Å². The number of carbonyl (C=O) groups is 1. The normalized spacial score (nSPS) is 12.8. The van der Waals surface area contributed by atoms with E-state index in [9.17, 15) is 4.79 Å². The summed E-state index contributed by atoms with van der Waals surface area (Å²) in [5.74, 6) is 0. The Labute approximate surface area is 69.5 Å². The first-order valence-electron chi connectivity index (χ1n) is 3.36. The van der Waals surface area contributed by atoms with Crippen molar-refractivity contribution in [2.75, 3.05) is 7.05 Å². The highest BCUT2D eigenvalue weighted by Crippen LogP contribution is 2.07. The van der Waals surface area contributed by atoms with E-state index >= 15 is 0 Å². The van der Waals surface area contributed by atoms with Crippen molar-refractivity contribution in [2.24, 2.45) is 0 Å². The Balaban J connectivity index is 2.47. The molecule has 0 unspecified atom stereocenters. The summed E-state index contributed by atoms with van der Waals surface area (Å²) in [6.45, 7) is 0. The van der Waals surface area contributed by atoms with E-state index < -0.39 is 0 Å². The highest BCUT2D eigenvalue weighted by molar-refractivity contribution is 7.09. The number of rotatable bonds is 4. The van der Waals surface area contributed by atoms with Crippen LogP contribution in [0.2, 0.25) is 0 Å². The maximum atomic E-state index is 10.4. The zero-order valence-electron chi connectivity index (χ0n) is 6.28. The van der Waals surface area contributed by atoms with Crippen LogP contribution in [0.1, 0.15) is 4.88 Å². The van der Waals surface area contributed by atoms with Crippen LogP contribution in [0.4, 0.5) is 0 Å². The SMILES string of the molecule is CN[C@@H](C=O)Cc1cncs1. The summed E-state index contributed by atoms with van der Waals surface area (Å²) < 4.78 is 0. The molecule has 0 aliphatic rings. The van der Waals surface area contributed by atoms with Gasteiger partial charge in [0.1, 0.15) is 6.29 Å². The zero-order chi connectivity index (χ0) is 8.10. The van der Waals surface area contributed by atoms with Gasteiger partial charge in [-0.05, 0) is 7.05 Å². The van der Waals surface area contributed by atoms with Gasteiger partial charge >= 0.3 is 0 Å². The second kappa shape index (κ2) is 4.20. The van der Waals surface area contributed by atoms with Crippen molar-refractivity contribution < 1.29 is 4.79 Å². The highest BCUT2D eigenvalue weighted by Gasteiger charge is 2.05. The molecule has 0 radical (unpaired) electrons. The molecule has 0 amide bonds. The van der Waals surface area contributed by atoms with E-state index in [1.165, 1.54) is 0 Å². The van der Waals surface area contributed by atoms with Crippen molar-refractivity contribution in [3.63, 3.8) is 0 Å². The number of aldehydes is 1. The molecule has 4 heteroatoms. The van der Waals surface area contributed by atoms with E-state index in [1.807, 2.05) is 0 Å². The molecule has 0 aliphatic heterocycles. The van der Waals surface area contributed by atoms with Crippen molar-refractivity contribution in [2.45, 2.75) is 12.5 Å². The lowest BCUT2D eigenvalue weighted by Gasteiger charge is -2.04. The fourth-order valence-corrected chi connectivity index (χ4v) is 1.43. The van der Waals surface area contributed by atoms with Crippen molar-refractivity contribution in [1.82, 2.24) is 10.3 Å². The van der Waals surface area contributed by atoms with Crippen LogP contribution in [-0.2, 0) is 11.2 Å². The topological polar surface area (TPSA) is 42.0 Å². The molecule has 60 valence electrons. The van der Waals surface area contributed by atoms with E-state index in [0.717, 1.165) is 17.6 Å². The molecule has 1 rings (SSSR count). The van der Waals surface area contributed by atoms with Gasteiger partial charge in [0.15, 0.2) is 0 Å². The molecule has 1 aromatic heterocycles. The van der Waals surface area contributed by atoms with Gasteiger partial charge < -0.3 is 10.1 Å². The summed E-state index contributed by atoms with van der Waals surface area (Å²) in [6, 6.07) is -0.0737. The minimum atomic E-state index is -0.0737. The first-order chi connectivity index (χ1) is 5.36. The molecule has 1 aromatic rings. The number of likely N-dealkylation sites (N-methyl/N-ethyl adjacent to an activating group) is 1. The Kier molecular flexibility index (Phi) is 3.19. The number of aromatic nitrogens is 1. The molecule has 0 fully saturated rings. The van der Waals surface area contributed by atoms with Crippen molar-refractivity contribution in [1.29, 1.82) is 0 Å². The van der Waals surface area contributed by atoms with Crippen molar-refractivity contribution in [3.05, 3.63) is 16.6 Å². The standard InChI is InChI=1S/C7H10N2OS/c1-8-6(4-10)2-7-3-9-5-11-7/h3-6,8H,2H2,1H3/t6-/m1/s1. The minimum Gasteiger partial charge on any atom is -0.310 e. The molecule has 1 N–H and O–H groups in total. The maximum absolute atomic E-state index is 10.4. The Bertz CT molecular complexity index is 210. The molecule has 0 saturated carbocycles. The van der Waals surface area contributed by atoms with Gasteiger partial charge in [-0.25, -0.2) is 0 Å². The lowest BCUT2D eigenvalue weighted by atomic mass is 10.2. The third-order valence-electron chi connectivity index (χ3n) is 1.44. The highest BCUT2D eigenvalue weighted by atomic mass is 32.1. The molecule has 11 heavy (non-hydrogen) atoms. The number of thiazole rings is 1. The van der Waals surface area contributed by atoms with Crippen LogP contribution in [0.25, 0.3) is 0 Å². The predicted octanol–water partition coefficient (Wildman–Crippen LogP) is 0.472. The Hall–Kier alpha value is -0.740. The van der Waals surface area contributed by atoms with E-state index in [0.29, 0.717) is 0 Å². The summed E-state index contributed by atoms with van der Waals surface area (Å²) in [7, 11) is 1.78. The van der Waals surface area contributed by atoms with Gasteiger partial charge in [0.25, 0.3) is 0 Å². The fourth-order valence-electron chi connectivity index (χ4n) is 0.778. The molecule has 0 aromatic carbocycles. The van der Waals surface area contributed by atoms with Crippen LogP contribution in [0.15, 0.2) is 11.7 Å². The van der Waals surface area contributed by atoms with E-state index in [2.05, 4.69) is 10.3 Å². The monoisotopic (exact) mass is 170 g/mol. The van der Waals surface area contributed by atoms with Gasteiger partial charge in [0.2, 0.25) is 0 Å². The number of nitrogens with one attached hydrogen (secondary N) is 1. The average Bonchev–Trinajstić information content (AvgIpc) is 2.52. The zero-order valence-corrected chi connectivity index (χ0v) is 7.10. The Morgan fingerprint density at radius 1 is 1.91 bits per heavy atom. The minimum absolute atomic E-state index is 0.0737. The number of carbonyl (C=O) groups excluding carboxylic acids is 1. The molecular formula is C7H10N2OS. The van der Waals surface area contributed by atoms with E-state index in [1.54, 1.807) is 30.1 Å². The van der Waals surface area contributed by atoms with Crippen LogP contribution in [0, 0.1) is 0 Å². The summed E-state index contributed by atoms with van der Waals surface area (Å²) in [4.78, 5) is 15.4. The fraction of sp³-hybridized carbons (Fsp3) is 0.429. The third-order valence-corrected chi connectivity index (χ3v) is 2.24. The molecular weight excluding hydrogens is 160 g/mol. The molecule has 1 atom stereocenters. The van der Waals surface area contributed by atoms with Crippen LogP contribution < -0.4 is 5.32 Å². The largest absolute Gasteiger partial charge is 0.310 e. The van der Waals surface area contributed by atoms with Crippen molar-refractivity contribution in [3.8, 4) is 0 Å². The second-order valence-electron chi connectivity index (χ2n) is 2.20. The van der Waals surface area contributed by atoms with Crippen LogP contribution in [0.3, 0.4) is 0 Å².